The number of tetrazole rings is 1. The highest BCUT2D eigenvalue weighted by atomic mass is 35.5. The third kappa shape index (κ3) is 3.73. The molecule has 114 valence electrons. The number of benzene rings is 1. The average Bonchev–Trinajstić information content (AvgIpc) is 2.92. The smallest absolute Gasteiger partial charge is 0.184 e. The molecular weight excluding hydrogens is 286 g/mol. The number of hydrogen-bond donors (Lipinski definition) is 1. The van der Waals surface area contributed by atoms with Gasteiger partial charge in [-0.1, -0.05) is 44.7 Å². The van der Waals surface area contributed by atoms with Crippen molar-refractivity contribution in [1.29, 1.82) is 0 Å². The minimum atomic E-state index is 0.315. The lowest BCUT2D eigenvalue weighted by molar-refractivity contribution is 0.380. The van der Waals surface area contributed by atoms with Gasteiger partial charge in [0.15, 0.2) is 5.82 Å². The molecule has 5 nitrogen and oxygen atoms in total. The average molecular weight is 308 g/mol. The van der Waals surface area contributed by atoms with E-state index in [-0.39, 0.29) is 0 Å². The fourth-order valence-corrected chi connectivity index (χ4v) is 2.70. The van der Waals surface area contributed by atoms with Gasteiger partial charge in [-0.15, -0.1) is 5.10 Å². The van der Waals surface area contributed by atoms with Gasteiger partial charge in [-0.05, 0) is 41.5 Å². The minimum absolute atomic E-state index is 0.315. The van der Waals surface area contributed by atoms with E-state index in [4.69, 9.17) is 17.3 Å². The SMILES string of the molecule is CCCCC(CCC)n1nnnc1-c1ccc(Cl)cc1N. The van der Waals surface area contributed by atoms with Crippen molar-refractivity contribution in [3.63, 3.8) is 0 Å². The van der Waals surface area contributed by atoms with E-state index in [0.717, 1.165) is 30.7 Å². The molecule has 2 rings (SSSR count). The van der Waals surface area contributed by atoms with Crippen LogP contribution in [0, 0.1) is 0 Å². The predicted octanol–water partition coefficient (Wildman–Crippen LogP) is 4.11. The van der Waals surface area contributed by atoms with Crippen LogP contribution in [0.3, 0.4) is 0 Å². The third-order valence-electron chi connectivity index (χ3n) is 3.61. The van der Waals surface area contributed by atoms with Gasteiger partial charge in [0.1, 0.15) is 0 Å². The van der Waals surface area contributed by atoms with Crippen LogP contribution in [0.25, 0.3) is 11.4 Å². The molecule has 21 heavy (non-hydrogen) atoms. The molecule has 6 heteroatoms. The topological polar surface area (TPSA) is 69.6 Å². The summed E-state index contributed by atoms with van der Waals surface area (Å²) in [6.45, 7) is 4.38. The van der Waals surface area contributed by atoms with Gasteiger partial charge in [0, 0.05) is 16.3 Å². The van der Waals surface area contributed by atoms with Gasteiger partial charge in [0.25, 0.3) is 0 Å². The normalized spacial score (nSPS) is 12.5. The first kappa shape index (κ1) is 15.8. The summed E-state index contributed by atoms with van der Waals surface area (Å²) in [7, 11) is 0. The van der Waals surface area contributed by atoms with E-state index in [1.54, 1.807) is 6.07 Å². The molecule has 0 bridgehead atoms. The number of nitrogens with two attached hydrogens (primary N) is 1. The Kier molecular flexibility index (Phi) is 5.56. The molecule has 1 aromatic heterocycles. The van der Waals surface area contributed by atoms with Crippen molar-refractivity contribution in [2.24, 2.45) is 0 Å². The van der Waals surface area contributed by atoms with Crippen LogP contribution >= 0.6 is 11.6 Å². The Hall–Kier alpha value is -1.62. The largest absolute Gasteiger partial charge is 0.398 e. The summed E-state index contributed by atoms with van der Waals surface area (Å²) in [5, 5.41) is 12.8. The van der Waals surface area contributed by atoms with Crippen LogP contribution in [-0.2, 0) is 0 Å². The summed E-state index contributed by atoms with van der Waals surface area (Å²) in [5.74, 6) is 0.721. The second-order valence-corrected chi connectivity index (χ2v) is 5.70. The molecule has 1 heterocycles. The highest BCUT2D eigenvalue weighted by Gasteiger charge is 2.19. The molecule has 0 saturated carbocycles. The molecule has 1 atom stereocenters. The predicted molar refractivity (Wildman–Crippen MR) is 86.1 cm³/mol. The van der Waals surface area contributed by atoms with Crippen molar-refractivity contribution in [3.05, 3.63) is 23.2 Å². The maximum absolute atomic E-state index is 6.06. The number of halogens is 1. The number of aromatic nitrogens is 4. The summed E-state index contributed by atoms with van der Waals surface area (Å²) >= 11 is 5.96. The first-order valence-electron chi connectivity index (χ1n) is 7.50. The summed E-state index contributed by atoms with van der Waals surface area (Å²) in [5.41, 5.74) is 7.50. The van der Waals surface area contributed by atoms with Crippen LogP contribution in [0.1, 0.15) is 52.0 Å². The zero-order chi connectivity index (χ0) is 15.2. The van der Waals surface area contributed by atoms with E-state index in [1.807, 2.05) is 16.8 Å². The van der Waals surface area contributed by atoms with E-state index in [1.165, 1.54) is 12.8 Å². The Morgan fingerprint density at radius 2 is 2.05 bits per heavy atom. The van der Waals surface area contributed by atoms with Crippen molar-refractivity contribution >= 4 is 17.3 Å². The summed E-state index contributed by atoms with van der Waals surface area (Å²) in [6, 6.07) is 5.74. The maximum atomic E-state index is 6.06. The fourth-order valence-electron chi connectivity index (χ4n) is 2.52. The number of unbranched alkanes of at least 4 members (excludes halogenated alkanes) is 1. The molecular formula is C15H22ClN5. The van der Waals surface area contributed by atoms with Gasteiger partial charge in [0.05, 0.1) is 6.04 Å². The molecule has 0 saturated heterocycles. The summed E-state index contributed by atoms with van der Waals surface area (Å²) in [6.07, 6.45) is 5.58. The quantitative estimate of drug-likeness (QED) is 0.782. The zero-order valence-corrected chi connectivity index (χ0v) is 13.3. The van der Waals surface area contributed by atoms with Crippen LogP contribution in [0.5, 0.6) is 0 Å². The van der Waals surface area contributed by atoms with Crippen LogP contribution in [0.15, 0.2) is 18.2 Å². The Morgan fingerprint density at radius 3 is 2.71 bits per heavy atom. The maximum Gasteiger partial charge on any atom is 0.184 e. The van der Waals surface area contributed by atoms with Crippen LogP contribution in [0.2, 0.25) is 5.02 Å². The summed E-state index contributed by atoms with van der Waals surface area (Å²) in [4.78, 5) is 0. The molecule has 0 spiro atoms. The van der Waals surface area contributed by atoms with Gasteiger partial charge < -0.3 is 5.73 Å². The minimum Gasteiger partial charge on any atom is -0.398 e. The second kappa shape index (κ2) is 7.41. The van der Waals surface area contributed by atoms with Crippen LogP contribution in [-0.4, -0.2) is 20.2 Å². The zero-order valence-electron chi connectivity index (χ0n) is 12.6. The van der Waals surface area contributed by atoms with Crippen molar-refractivity contribution in [1.82, 2.24) is 20.2 Å². The highest BCUT2D eigenvalue weighted by molar-refractivity contribution is 6.31. The van der Waals surface area contributed by atoms with E-state index in [0.29, 0.717) is 16.8 Å². The molecule has 1 aromatic carbocycles. The van der Waals surface area contributed by atoms with Gasteiger partial charge in [-0.25, -0.2) is 4.68 Å². The number of nitrogens with zero attached hydrogens (tertiary/aromatic N) is 4. The molecule has 2 N–H and O–H groups in total. The standard InChI is InChI=1S/C15H22ClN5/c1-3-5-7-12(6-4-2)21-15(18-19-20-21)13-9-8-11(16)10-14(13)17/h8-10,12H,3-7,17H2,1-2H3. The molecule has 0 aliphatic rings. The number of anilines is 1. The lowest BCUT2D eigenvalue weighted by Crippen LogP contribution is -2.13. The van der Waals surface area contributed by atoms with Crippen LogP contribution < -0.4 is 5.73 Å². The number of nitrogen functional groups attached to an aromatic ring is 1. The Morgan fingerprint density at radius 1 is 1.24 bits per heavy atom. The molecule has 0 fully saturated rings. The Bertz CT molecular complexity index is 581. The lowest BCUT2D eigenvalue weighted by Gasteiger charge is -2.18. The molecule has 0 aliphatic carbocycles. The second-order valence-electron chi connectivity index (χ2n) is 5.26. The molecule has 2 aromatic rings. The molecule has 0 amide bonds. The summed E-state index contributed by atoms with van der Waals surface area (Å²) < 4.78 is 1.92. The molecule has 0 radical (unpaired) electrons. The van der Waals surface area contributed by atoms with E-state index in [2.05, 4.69) is 29.4 Å². The number of rotatable bonds is 7. The van der Waals surface area contributed by atoms with Gasteiger partial charge in [-0.2, -0.15) is 0 Å². The van der Waals surface area contributed by atoms with E-state index in [9.17, 15) is 0 Å². The molecule has 0 aliphatic heterocycles. The molecule has 1 unspecified atom stereocenters. The fraction of sp³-hybridized carbons (Fsp3) is 0.533. The van der Waals surface area contributed by atoms with Crippen LogP contribution in [0.4, 0.5) is 5.69 Å². The first-order chi connectivity index (χ1) is 10.2. The number of hydrogen-bond acceptors (Lipinski definition) is 4. The monoisotopic (exact) mass is 307 g/mol. The van der Waals surface area contributed by atoms with Gasteiger partial charge in [0.2, 0.25) is 0 Å². The first-order valence-corrected chi connectivity index (χ1v) is 7.88. The van der Waals surface area contributed by atoms with E-state index < -0.39 is 0 Å². The Balaban J connectivity index is 2.35. The van der Waals surface area contributed by atoms with Crippen molar-refractivity contribution in [2.45, 2.75) is 52.0 Å². The highest BCUT2D eigenvalue weighted by Crippen LogP contribution is 2.30. The Labute approximate surface area is 130 Å². The van der Waals surface area contributed by atoms with Gasteiger partial charge in [-0.3, -0.25) is 0 Å². The van der Waals surface area contributed by atoms with E-state index >= 15 is 0 Å². The lowest BCUT2D eigenvalue weighted by atomic mass is 10.0. The van der Waals surface area contributed by atoms with Crippen molar-refractivity contribution in [3.8, 4) is 11.4 Å². The third-order valence-corrected chi connectivity index (χ3v) is 3.84. The van der Waals surface area contributed by atoms with Crippen molar-refractivity contribution < 1.29 is 0 Å². The van der Waals surface area contributed by atoms with Crippen molar-refractivity contribution in [2.75, 3.05) is 5.73 Å². The van der Waals surface area contributed by atoms with Gasteiger partial charge >= 0.3 is 0 Å².